The van der Waals surface area contributed by atoms with E-state index in [0.29, 0.717) is 22.8 Å². The molecular formula is C18H16N4O2S. The molecule has 0 fully saturated rings. The fourth-order valence-corrected chi connectivity index (χ4v) is 2.99. The molecular weight excluding hydrogens is 336 g/mol. The Kier molecular flexibility index (Phi) is 5.15. The van der Waals surface area contributed by atoms with Crippen molar-refractivity contribution in [2.75, 3.05) is 10.6 Å². The van der Waals surface area contributed by atoms with Crippen LogP contribution in [0.4, 0.5) is 10.8 Å². The molecule has 2 N–H and O–H groups in total. The number of benzene rings is 2. The molecule has 2 aromatic carbocycles. The third-order valence-electron chi connectivity index (χ3n) is 3.35. The third kappa shape index (κ3) is 4.71. The van der Waals surface area contributed by atoms with Crippen molar-refractivity contribution in [1.29, 1.82) is 0 Å². The van der Waals surface area contributed by atoms with E-state index in [4.69, 9.17) is 0 Å². The molecule has 6 nitrogen and oxygen atoms in total. The maximum atomic E-state index is 12.3. The van der Waals surface area contributed by atoms with Crippen LogP contribution in [0.1, 0.15) is 27.9 Å². The lowest BCUT2D eigenvalue weighted by Gasteiger charge is -2.04. The van der Waals surface area contributed by atoms with Gasteiger partial charge in [0.05, 0.1) is 0 Å². The zero-order valence-corrected chi connectivity index (χ0v) is 14.3. The second kappa shape index (κ2) is 7.67. The van der Waals surface area contributed by atoms with Gasteiger partial charge in [-0.25, -0.2) is 0 Å². The van der Waals surface area contributed by atoms with Crippen molar-refractivity contribution in [2.24, 2.45) is 0 Å². The molecule has 2 amide bonds. The van der Waals surface area contributed by atoms with Gasteiger partial charge in [0.15, 0.2) is 0 Å². The first-order valence-electron chi connectivity index (χ1n) is 7.65. The number of hydrogen-bond donors (Lipinski definition) is 2. The second-order valence-corrected chi connectivity index (χ2v) is 6.44. The van der Waals surface area contributed by atoms with Crippen LogP contribution in [0.25, 0.3) is 0 Å². The summed E-state index contributed by atoms with van der Waals surface area (Å²) in [4.78, 5) is 23.3. The average molecular weight is 352 g/mol. The Hall–Kier alpha value is -3.06. The normalized spacial score (nSPS) is 10.3. The van der Waals surface area contributed by atoms with E-state index in [1.807, 2.05) is 30.3 Å². The SMILES string of the molecule is CC(=O)Nc1ccc(C(=O)Nc2nnc(Cc3ccccc3)s2)cc1. The number of hydrogen-bond acceptors (Lipinski definition) is 5. The van der Waals surface area contributed by atoms with Crippen molar-refractivity contribution in [3.63, 3.8) is 0 Å². The zero-order valence-electron chi connectivity index (χ0n) is 13.5. The van der Waals surface area contributed by atoms with E-state index in [1.165, 1.54) is 18.3 Å². The minimum Gasteiger partial charge on any atom is -0.326 e. The summed E-state index contributed by atoms with van der Waals surface area (Å²) in [6, 6.07) is 16.6. The summed E-state index contributed by atoms with van der Waals surface area (Å²) in [5.74, 6) is -0.422. The number of nitrogens with zero attached hydrogens (tertiary/aromatic N) is 2. The first kappa shape index (κ1) is 16.8. The van der Waals surface area contributed by atoms with Gasteiger partial charge >= 0.3 is 0 Å². The quantitative estimate of drug-likeness (QED) is 0.738. The molecule has 0 saturated carbocycles. The first-order chi connectivity index (χ1) is 12.1. The predicted octanol–water partition coefficient (Wildman–Crippen LogP) is 3.34. The summed E-state index contributed by atoms with van der Waals surface area (Å²) < 4.78 is 0. The second-order valence-electron chi connectivity index (χ2n) is 5.38. The number of carbonyl (C=O) groups is 2. The highest BCUT2D eigenvalue weighted by Gasteiger charge is 2.11. The Morgan fingerprint density at radius 3 is 2.36 bits per heavy atom. The van der Waals surface area contributed by atoms with Gasteiger partial charge in [0.1, 0.15) is 5.01 Å². The van der Waals surface area contributed by atoms with Gasteiger partial charge in [0.25, 0.3) is 5.91 Å². The van der Waals surface area contributed by atoms with Gasteiger partial charge in [0, 0.05) is 24.6 Å². The van der Waals surface area contributed by atoms with Crippen LogP contribution in [0.2, 0.25) is 0 Å². The van der Waals surface area contributed by atoms with Crippen molar-refractivity contribution in [3.05, 3.63) is 70.7 Å². The fraction of sp³-hybridized carbons (Fsp3) is 0.111. The van der Waals surface area contributed by atoms with E-state index < -0.39 is 0 Å². The molecule has 0 aliphatic carbocycles. The average Bonchev–Trinajstić information content (AvgIpc) is 3.02. The summed E-state index contributed by atoms with van der Waals surface area (Å²) >= 11 is 1.35. The van der Waals surface area contributed by atoms with Crippen LogP contribution in [0.15, 0.2) is 54.6 Å². The van der Waals surface area contributed by atoms with Crippen LogP contribution in [0.5, 0.6) is 0 Å². The summed E-state index contributed by atoms with van der Waals surface area (Å²) in [6.07, 6.45) is 0.680. The number of amides is 2. The zero-order chi connectivity index (χ0) is 17.6. The van der Waals surface area contributed by atoms with Gasteiger partial charge in [0.2, 0.25) is 11.0 Å². The molecule has 0 spiro atoms. The van der Waals surface area contributed by atoms with Gasteiger partial charge in [-0.3, -0.25) is 14.9 Å². The monoisotopic (exact) mass is 352 g/mol. The molecule has 1 aromatic heterocycles. The van der Waals surface area contributed by atoms with Crippen molar-refractivity contribution >= 4 is 34.0 Å². The molecule has 0 aliphatic heterocycles. The number of carbonyl (C=O) groups excluding carboxylic acids is 2. The van der Waals surface area contributed by atoms with Crippen LogP contribution in [-0.2, 0) is 11.2 Å². The van der Waals surface area contributed by atoms with Crippen molar-refractivity contribution in [3.8, 4) is 0 Å². The topological polar surface area (TPSA) is 84.0 Å². The third-order valence-corrected chi connectivity index (χ3v) is 4.19. The Labute approximate surface area is 148 Å². The van der Waals surface area contributed by atoms with Gasteiger partial charge < -0.3 is 5.32 Å². The Balaban J connectivity index is 1.62. The fourth-order valence-electron chi connectivity index (χ4n) is 2.22. The Bertz CT molecular complexity index is 876. The van der Waals surface area contributed by atoms with Crippen LogP contribution < -0.4 is 10.6 Å². The molecule has 126 valence electrons. The summed E-state index contributed by atoms with van der Waals surface area (Å²) in [5.41, 5.74) is 2.27. The number of anilines is 2. The van der Waals surface area contributed by atoms with Crippen molar-refractivity contribution in [1.82, 2.24) is 10.2 Å². The van der Waals surface area contributed by atoms with Gasteiger partial charge in [-0.2, -0.15) is 0 Å². The van der Waals surface area contributed by atoms with E-state index in [1.54, 1.807) is 24.3 Å². The lowest BCUT2D eigenvalue weighted by molar-refractivity contribution is -0.114. The standard InChI is InChI=1S/C18H16N4O2S/c1-12(23)19-15-9-7-14(8-10-15)17(24)20-18-22-21-16(25-18)11-13-5-3-2-4-6-13/h2-10H,11H2,1H3,(H,19,23)(H,20,22,24). The molecule has 0 bridgehead atoms. The van der Waals surface area contributed by atoms with Crippen LogP contribution in [-0.4, -0.2) is 22.0 Å². The molecule has 3 aromatic rings. The molecule has 25 heavy (non-hydrogen) atoms. The highest BCUT2D eigenvalue weighted by Crippen LogP contribution is 2.19. The lowest BCUT2D eigenvalue weighted by Crippen LogP contribution is -2.12. The number of rotatable bonds is 5. The number of nitrogens with one attached hydrogen (secondary N) is 2. The summed E-state index contributed by atoms with van der Waals surface area (Å²) in [7, 11) is 0. The smallest absolute Gasteiger partial charge is 0.257 e. The van der Waals surface area contributed by atoms with Crippen molar-refractivity contribution in [2.45, 2.75) is 13.3 Å². The van der Waals surface area contributed by atoms with E-state index in [2.05, 4.69) is 20.8 Å². The molecule has 7 heteroatoms. The molecule has 0 saturated heterocycles. The molecule has 3 rings (SSSR count). The minimum atomic E-state index is -0.267. The largest absolute Gasteiger partial charge is 0.326 e. The highest BCUT2D eigenvalue weighted by atomic mass is 32.1. The summed E-state index contributed by atoms with van der Waals surface area (Å²) in [6.45, 7) is 1.43. The van der Waals surface area contributed by atoms with E-state index in [-0.39, 0.29) is 11.8 Å². The molecule has 0 aliphatic rings. The van der Waals surface area contributed by atoms with Crippen LogP contribution in [0, 0.1) is 0 Å². The maximum Gasteiger partial charge on any atom is 0.257 e. The maximum absolute atomic E-state index is 12.3. The van der Waals surface area contributed by atoms with Crippen LogP contribution in [0.3, 0.4) is 0 Å². The lowest BCUT2D eigenvalue weighted by atomic mass is 10.2. The highest BCUT2D eigenvalue weighted by molar-refractivity contribution is 7.15. The molecule has 1 heterocycles. The van der Waals surface area contributed by atoms with E-state index >= 15 is 0 Å². The van der Waals surface area contributed by atoms with Gasteiger partial charge in [-0.15, -0.1) is 10.2 Å². The van der Waals surface area contributed by atoms with E-state index in [0.717, 1.165) is 10.6 Å². The first-order valence-corrected chi connectivity index (χ1v) is 8.47. The summed E-state index contributed by atoms with van der Waals surface area (Å²) in [5, 5.41) is 14.8. The molecule has 0 radical (unpaired) electrons. The predicted molar refractivity (Wildman–Crippen MR) is 97.9 cm³/mol. The van der Waals surface area contributed by atoms with Gasteiger partial charge in [-0.05, 0) is 29.8 Å². The molecule has 0 unspecified atom stereocenters. The van der Waals surface area contributed by atoms with Crippen molar-refractivity contribution < 1.29 is 9.59 Å². The van der Waals surface area contributed by atoms with Crippen LogP contribution >= 0.6 is 11.3 Å². The Morgan fingerprint density at radius 2 is 1.68 bits per heavy atom. The molecule has 0 atom stereocenters. The Morgan fingerprint density at radius 1 is 0.960 bits per heavy atom. The van der Waals surface area contributed by atoms with E-state index in [9.17, 15) is 9.59 Å². The van der Waals surface area contributed by atoms with Gasteiger partial charge in [-0.1, -0.05) is 41.7 Å². The number of aromatic nitrogens is 2. The minimum absolute atomic E-state index is 0.156.